The molecule has 0 spiro atoms. The molecule has 0 fully saturated rings. The highest BCUT2D eigenvalue weighted by molar-refractivity contribution is 5.79. The van der Waals surface area contributed by atoms with Crippen molar-refractivity contribution in [1.82, 2.24) is 0 Å². The van der Waals surface area contributed by atoms with E-state index in [-0.39, 0.29) is 11.9 Å². The highest BCUT2D eigenvalue weighted by Crippen LogP contribution is 2.10. The lowest BCUT2D eigenvalue weighted by atomic mass is 10.1. The Morgan fingerprint density at radius 3 is 2.91 bits per heavy atom. The van der Waals surface area contributed by atoms with Crippen LogP contribution in [0.3, 0.4) is 0 Å². The molecule has 1 amide bonds. The van der Waals surface area contributed by atoms with Crippen LogP contribution in [0, 0.1) is 0 Å². The van der Waals surface area contributed by atoms with Crippen LogP contribution in [0.4, 0.5) is 0 Å². The second kappa shape index (κ2) is 4.05. The van der Waals surface area contributed by atoms with Gasteiger partial charge in [0.05, 0.1) is 6.54 Å². The van der Waals surface area contributed by atoms with Crippen LogP contribution in [0.1, 0.15) is 25.7 Å². The van der Waals surface area contributed by atoms with Crippen LogP contribution in [-0.4, -0.2) is 18.5 Å². The van der Waals surface area contributed by atoms with Crippen LogP contribution in [0.2, 0.25) is 0 Å². The third kappa shape index (κ3) is 2.65. The summed E-state index contributed by atoms with van der Waals surface area (Å²) in [5.74, 6) is -0.351. The van der Waals surface area contributed by atoms with Crippen LogP contribution >= 0.6 is 0 Å². The molecule has 1 rings (SSSR count). The first-order valence-electron chi connectivity index (χ1n) is 3.96. The van der Waals surface area contributed by atoms with Crippen LogP contribution in [0.5, 0.6) is 0 Å². The summed E-state index contributed by atoms with van der Waals surface area (Å²) < 4.78 is 0. The second-order valence-corrected chi connectivity index (χ2v) is 2.75. The van der Waals surface area contributed by atoms with E-state index in [1.165, 1.54) is 0 Å². The summed E-state index contributed by atoms with van der Waals surface area (Å²) in [4.78, 5) is 10.7. The molecule has 11 heavy (non-hydrogen) atoms. The van der Waals surface area contributed by atoms with Gasteiger partial charge in [0.2, 0.25) is 5.91 Å². The lowest BCUT2D eigenvalue weighted by Gasteiger charge is -2.08. The summed E-state index contributed by atoms with van der Waals surface area (Å²) in [6.45, 7) is 0.740. The van der Waals surface area contributed by atoms with Crippen molar-refractivity contribution in [3.05, 3.63) is 0 Å². The first-order valence-corrected chi connectivity index (χ1v) is 3.96. The first-order chi connectivity index (χ1) is 5.30. The molecule has 4 heteroatoms. The molecule has 0 aliphatic carbocycles. The van der Waals surface area contributed by atoms with E-state index in [0.717, 1.165) is 32.2 Å². The molecule has 4 nitrogen and oxygen atoms in total. The van der Waals surface area contributed by atoms with Gasteiger partial charge in [-0.1, -0.05) is 12.8 Å². The second-order valence-electron chi connectivity index (χ2n) is 2.75. The number of hydrogen-bond acceptors (Lipinski definition) is 3. The molecule has 0 radical (unpaired) electrons. The number of nitrogens with two attached hydrogens (primary N) is 1. The Balaban J connectivity index is 2.48. The van der Waals surface area contributed by atoms with Crippen molar-refractivity contribution in [1.29, 1.82) is 0 Å². The van der Waals surface area contributed by atoms with Gasteiger partial charge in [0.15, 0.2) is 0 Å². The van der Waals surface area contributed by atoms with E-state index < -0.39 is 0 Å². The van der Waals surface area contributed by atoms with Crippen LogP contribution < -0.4 is 5.73 Å². The Bertz CT molecular complexity index is 167. The average molecular weight is 155 g/mol. The average Bonchev–Trinajstić information content (AvgIpc) is 1.84. The molecular weight excluding hydrogens is 142 g/mol. The zero-order valence-electron chi connectivity index (χ0n) is 6.49. The van der Waals surface area contributed by atoms with Crippen LogP contribution in [0.25, 0.3) is 0 Å². The molecule has 2 N–H and O–H groups in total. The summed E-state index contributed by atoms with van der Waals surface area (Å²) in [6, 6.07) is -0.365. The van der Waals surface area contributed by atoms with E-state index >= 15 is 0 Å². The van der Waals surface area contributed by atoms with Gasteiger partial charge in [0.1, 0.15) is 6.04 Å². The van der Waals surface area contributed by atoms with Gasteiger partial charge in [-0.2, -0.15) is 10.2 Å². The van der Waals surface area contributed by atoms with E-state index in [9.17, 15) is 4.79 Å². The molecule has 0 saturated carbocycles. The SMILES string of the molecule is NC(=O)C1CCCCCN=N1. The molecule has 1 heterocycles. The van der Waals surface area contributed by atoms with E-state index in [0.29, 0.717) is 0 Å². The van der Waals surface area contributed by atoms with Gasteiger partial charge in [-0.05, 0) is 12.8 Å². The molecule has 0 aromatic rings. The van der Waals surface area contributed by atoms with E-state index in [2.05, 4.69) is 10.2 Å². The number of primary amides is 1. The molecule has 0 aromatic carbocycles. The quantitative estimate of drug-likeness (QED) is 0.599. The van der Waals surface area contributed by atoms with Gasteiger partial charge in [0, 0.05) is 0 Å². The molecule has 0 aromatic heterocycles. The normalized spacial score (nSPS) is 25.6. The summed E-state index contributed by atoms with van der Waals surface area (Å²) >= 11 is 0. The molecule has 1 atom stereocenters. The molecule has 62 valence electrons. The van der Waals surface area contributed by atoms with Crippen LogP contribution in [-0.2, 0) is 4.79 Å². The molecular formula is C7H13N3O. The van der Waals surface area contributed by atoms with Crippen molar-refractivity contribution in [2.24, 2.45) is 16.0 Å². The maximum atomic E-state index is 10.7. The fourth-order valence-corrected chi connectivity index (χ4v) is 1.11. The Morgan fingerprint density at radius 1 is 1.36 bits per heavy atom. The Morgan fingerprint density at radius 2 is 2.18 bits per heavy atom. The predicted molar refractivity (Wildman–Crippen MR) is 41.2 cm³/mol. The maximum absolute atomic E-state index is 10.7. The van der Waals surface area contributed by atoms with E-state index in [1.807, 2.05) is 0 Å². The van der Waals surface area contributed by atoms with Gasteiger partial charge < -0.3 is 5.73 Å². The molecule has 1 aliphatic rings. The van der Waals surface area contributed by atoms with E-state index in [4.69, 9.17) is 5.73 Å². The number of nitrogens with zero attached hydrogens (tertiary/aromatic N) is 2. The lowest BCUT2D eigenvalue weighted by molar-refractivity contribution is -0.119. The van der Waals surface area contributed by atoms with Gasteiger partial charge >= 0.3 is 0 Å². The summed E-state index contributed by atoms with van der Waals surface area (Å²) in [7, 11) is 0. The minimum absolute atomic E-state index is 0.351. The zero-order chi connectivity index (χ0) is 8.10. The standard InChI is InChI=1S/C7H13N3O/c8-7(11)6-4-2-1-3-5-9-10-6/h6H,1-5H2,(H2,8,11). The third-order valence-corrected chi connectivity index (χ3v) is 1.79. The van der Waals surface area contributed by atoms with Crippen molar-refractivity contribution >= 4 is 5.91 Å². The van der Waals surface area contributed by atoms with Gasteiger partial charge in [-0.15, -0.1) is 0 Å². The van der Waals surface area contributed by atoms with Crippen LogP contribution in [0.15, 0.2) is 10.2 Å². The topological polar surface area (TPSA) is 67.8 Å². The highest BCUT2D eigenvalue weighted by atomic mass is 16.1. The smallest absolute Gasteiger partial charge is 0.244 e. The minimum Gasteiger partial charge on any atom is -0.368 e. The molecule has 1 aliphatic heterocycles. The van der Waals surface area contributed by atoms with Crippen molar-refractivity contribution in [2.75, 3.05) is 6.54 Å². The van der Waals surface area contributed by atoms with Crippen molar-refractivity contribution in [3.63, 3.8) is 0 Å². The Hall–Kier alpha value is -0.930. The van der Waals surface area contributed by atoms with Gasteiger partial charge in [-0.3, -0.25) is 4.79 Å². The minimum atomic E-state index is -0.365. The van der Waals surface area contributed by atoms with Crippen molar-refractivity contribution < 1.29 is 4.79 Å². The molecule has 1 unspecified atom stereocenters. The number of amides is 1. The number of carbonyl (C=O) groups is 1. The van der Waals surface area contributed by atoms with Crippen molar-refractivity contribution in [3.8, 4) is 0 Å². The van der Waals surface area contributed by atoms with Gasteiger partial charge in [-0.25, -0.2) is 0 Å². The largest absolute Gasteiger partial charge is 0.368 e. The third-order valence-electron chi connectivity index (χ3n) is 1.79. The fourth-order valence-electron chi connectivity index (χ4n) is 1.11. The monoisotopic (exact) mass is 155 g/mol. The van der Waals surface area contributed by atoms with E-state index in [1.54, 1.807) is 0 Å². The summed E-state index contributed by atoms with van der Waals surface area (Å²) in [5.41, 5.74) is 5.09. The maximum Gasteiger partial charge on any atom is 0.244 e. The van der Waals surface area contributed by atoms with Crippen molar-refractivity contribution in [2.45, 2.75) is 31.7 Å². The predicted octanol–water partition coefficient (Wildman–Crippen LogP) is 0.866. The number of rotatable bonds is 1. The number of hydrogen-bond donors (Lipinski definition) is 1. The van der Waals surface area contributed by atoms with Gasteiger partial charge in [0.25, 0.3) is 0 Å². The Labute approximate surface area is 65.9 Å². The number of azo groups is 1. The highest BCUT2D eigenvalue weighted by Gasteiger charge is 2.14. The number of carbonyl (C=O) groups excluding carboxylic acids is 1. The zero-order valence-corrected chi connectivity index (χ0v) is 6.49. The fraction of sp³-hybridized carbons (Fsp3) is 0.857. The Kier molecular flexibility index (Phi) is 3.01. The lowest BCUT2D eigenvalue weighted by Crippen LogP contribution is -2.26. The molecule has 0 bridgehead atoms. The summed E-state index contributed by atoms with van der Waals surface area (Å²) in [6.07, 6.45) is 4.00. The molecule has 0 saturated heterocycles. The first kappa shape index (κ1) is 8.17. The summed E-state index contributed by atoms with van der Waals surface area (Å²) in [5, 5.41) is 7.69.